The van der Waals surface area contributed by atoms with Crippen molar-refractivity contribution in [3.8, 4) is 5.75 Å². The molecule has 1 N–H and O–H groups in total. The highest BCUT2D eigenvalue weighted by molar-refractivity contribution is 7.89. The Morgan fingerprint density at radius 2 is 1.70 bits per heavy atom. The van der Waals surface area contributed by atoms with Crippen LogP contribution in [-0.2, 0) is 10.0 Å². The average Bonchev–Trinajstić information content (AvgIpc) is 2.68. The minimum Gasteiger partial charge on any atom is -0.494 e. The van der Waals surface area contributed by atoms with Gasteiger partial charge >= 0.3 is 0 Å². The first-order valence-corrected chi connectivity index (χ1v) is 11.1. The Labute approximate surface area is 166 Å². The minimum absolute atomic E-state index is 0.00299. The second kappa shape index (κ2) is 9.55. The Kier molecular flexibility index (Phi) is 7.13. The predicted octanol–water partition coefficient (Wildman–Crippen LogP) is 3.55. The Hall–Kier alpha value is -1.60. The van der Waals surface area contributed by atoms with Crippen LogP contribution in [0.4, 0.5) is 0 Å². The first kappa shape index (κ1) is 20.1. The molecule has 0 aliphatic carbocycles. The molecule has 1 aliphatic heterocycles. The van der Waals surface area contributed by atoms with Crippen molar-refractivity contribution in [2.75, 3.05) is 26.2 Å². The Morgan fingerprint density at radius 3 is 2.37 bits per heavy atom. The van der Waals surface area contributed by atoms with Crippen LogP contribution in [0.25, 0.3) is 0 Å². The summed E-state index contributed by atoms with van der Waals surface area (Å²) in [6, 6.07) is 15.9. The first-order chi connectivity index (χ1) is 13.0. The largest absolute Gasteiger partial charge is 0.494 e. The van der Waals surface area contributed by atoms with Crippen LogP contribution in [0.3, 0.4) is 0 Å². The second-order valence-corrected chi connectivity index (χ2v) is 8.86. The van der Waals surface area contributed by atoms with E-state index in [1.807, 2.05) is 30.3 Å². The van der Waals surface area contributed by atoms with Crippen molar-refractivity contribution in [2.24, 2.45) is 0 Å². The molecule has 5 nitrogen and oxygen atoms in total. The van der Waals surface area contributed by atoms with Crippen molar-refractivity contribution in [1.82, 2.24) is 9.62 Å². The van der Waals surface area contributed by atoms with Gasteiger partial charge in [-0.15, -0.1) is 0 Å². The molecule has 1 fully saturated rings. The highest BCUT2D eigenvalue weighted by Crippen LogP contribution is 2.17. The third-order valence-electron chi connectivity index (χ3n) is 4.66. The lowest BCUT2D eigenvalue weighted by molar-refractivity contribution is 0.189. The molecule has 0 amide bonds. The summed E-state index contributed by atoms with van der Waals surface area (Å²) in [5.41, 5.74) is 0. The maximum Gasteiger partial charge on any atom is 0.240 e. The van der Waals surface area contributed by atoms with Gasteiger partial charge in [0.25, 0.3) is 0 Å². The molecule has 7 heteroatoms. The third-order valence-corrected chi connectivity index (χ3v) is 6.45. The smallest absolute Gasteiger partial charge is 0.240 e. The quantitative estimate of drug-likeness (QED) is 0.678. The van der Waals surface area contributed by atoms with Crippen molar-refractivity contribution in [1.29, 1.82) is 0 Å². The Bertz CT molecular complexity index is 805. The van der Waals surface area contributed by atoms with Gasteiger partial charge in [0.2, 0.25) is 10.0 Å². The molecule has 0 saturated carbocycles. The summed E-state index contributed by atoms with van der Waals surface area (Å²) >= 11 is 5.86. The summed E-state index contributed by atoms with van der Waals surface area (Å²) in [7, 11) is -3.43. The minimum atomic E-state index is -3.43. The van der Waals surface area contributed by atoms with Gasteiger partial charge in [0, 0.05) is 17.6 Å². The normalized spacial score (nSPS) is 16.3. The zero-order valence-electron chi connectivity index (χ0n) is 15.2. The number of benzene rings is 2. The van der Waals surface area contributed by atoms with Crippen molar-refractivity contribution in [3.05, 3.63) is 59.6 Å². The van der Waals surface area contributed by atoms with Gasteiger partial charge in [0.15, 0.2) is 0 Å². The topological polar surface area (TPSA) is 58.6 Å². The molecule has 1 heterocycles. The van der Waals surface area contributed by atoms with E-state index in [0.29, 0.717) is 16.5 Å². The zero-order valence-corrected chi connectivity index (χ0v) is 16.8. The standard InChI is InChI=1S/C20H25ClN2O3S/c21-17-7-9-19(10-8-17)26-16-4-13-23-14-11-18(12-15-23)22-27(24,25)20-5-2-1-3-6-20/h1-3,5-10,18,22H,4,11-16H2. The molecular formula is C20H25ClN2O3S. The number of halogens is 1. The number of nitrogens with zero attached hydrogens (tertiary/aromatic N) is 1. The predicted molar refractivity (Wildman–Crippen MR) is 108 cm³/mol. The van der Waals surface area contributed by atoms with Gasteiger partial charge in [0.1, 0.15) is 5.75 Å². The summed E-state index contributed by atoms with van der Waals surface area (Å²) in [5.74, 6) is 0.827. The van der Waals surface area contributed by atoms with Crippen molar-refractivity contribution in [3.63, 3.8) is 0 Å². The van der Waals surface area contributed by atoms with Gasteiger partial charge in [-0.05, 0) is 68.8 Å². The molecule has 0 unspecified atom stereocenters. The average molecular weight is 409 g/mol. The lowest BCUT2D eigenvalue weighted by Crippen LogP contribution is -2.44. The number of hydrogen-bond acceptors (Lipinski definition) is 4. The molecule has 0 aromatic heterocycles. The van der Waals surface area contributed by atoms with Gasteiger partial charge in [0.05, 0.1) is 11.5 Å². The van der Waals surface area contributed by atoms with Crippen molar-refractivity contribution in [2.45, 2.75) is 30.2 Å². The molecule has 2 aromatic rings. The van der Waals surface area contributed by atoms with E-state index in [1.165, 1.54) is 0 Å². The molecule has 27 heavy (non-hydrogen) atoms. The maximum atomic E-state index is 12.4. The van der Waals surface area contributed by atoms with Crippen LogP contribution in [0, 0.1) is 0 Å². The summed E-state index contributed by atoms with van der Waals surface area (Å²) in [6.07, 6.45) is 2.58. The fraction of sp³-hybridized carbons (Fsp3) is 0.400. The number of piperidine rings is 1. The van der Waals surface area contributed by atoms with Crippen molar-refractivity contribution >= 4 is 21.6 Å². The van der Waals surface area contributed by atoms with Gasteiger partial charge in [-0.2, -0.15) is 0 Å². The molecule has 0 atom stereocenters. The van der Waals surface area contributed by atoms with Crippen LogP contribution in [0.5, 0.6) is 5.75 Å². The summed E-state index contributed by atoms with van der Waals surface area (Å²) in [5, 5.41) is 0.702. The van der Waals surface area contributed by atoms with Crippen LogP contribution in [0.2, 0.25) is 5.02 Å². The SMILES string of the molecule is O=S(=O)(NC1CCN(CCCOc2ccc(Cl)cc2)CC1)c1ccccc1. The van der Waals surface area contributed by atoms with Crippen molar-refractivity contribution < 1.29 is 13.2 Å². The van der Waals surface area contributed by atoms with Crippen LogP contribution in [-0.4, -0.2) is 45.6 Å². The Morgan fingerprint density at radius 1 is 1.04 bits per heavy atom. The van der Waals surface area contributed by atoms with Gasteiger partial charge < -0.3 is 9.64 Å². The first-order valence-electron chi connectivity index (χ1n) is 9.21. The molecule has 0 radical (unpaired) electrons. The van der Waals surface area contributed by atoms with E-state index in [0.717, 1.165) is 44.6 Å². The molecule has 1 aliphatic rings. The number of nitrogens with one attached hydrogen (secondary N) is 1. The van der Waals surface area contributed by atoms with Crippen LogP contribution in [0.1, 0.15) is 19.3 Å². The van der Waals surface area contributed by atoms with Gasteiger partial charge in [-0.1, -0.05) is 29.8 Å². The van der Waals surface area contributed by atoms with E-state index in [1.54, 1.807) is 24.3 Å². The van der Waals surface area contributed by atoms with E-state index in [4.69, 9.17) is 16.3 Å². The number of likely N-dealkylation sites (tertiary alicyclic amines) is 1. The fourth-order valence-corrected chi connectivity index (χ4v) is 4.62. The molecular weight excluding hydrogens is 384 g/mol. The number of rotatable bonds is 8. The lowest BCUT2D eigenvalue weighted by atomic mass is 10.1. The highest BCUT2D eigenvalue weighted by atomic mass is 35.5. The van der Waals surface area contributed by atoms with E-state index in [2.05, 4.69) is 9.62 Å². The van der Waals surface area contributed by atoms with Crippen LogP contribution in [0.15, 0.2) is 59.5 Å². The van der Waals surface area contributed by atoms with Gasteiger partial charge in [-0.25, -0.2) is 13.1 Å². The molecule has 2 aromatic carbocycles. The number of ether oxygens (including phenoxy) is 1. The van der Waals surface area contributed by atoms with E-state index < -0.39 is 10.0 Å². The second-order valence-electron chi connectivity index (χ2n) is 6.71. The Balaban J connectivity index is 1.36. The van der Waals surface area contributed by atoms with E-state index in [-0.39, 0.29) is 6.04 Å². The monoisotopic (exact) mass is 408 g/mol. The van der Waals surface area contributed by atoms with Crippen LogP contribution >= 0.6 is 11.6 Å². The zero-order chi connectivity index (χ0) is 19.1. The third kappa shape index (κ3) is 6.21. The van der Waals surface area contributed by atoms with Crippen LogP contribution < -0.4 is 9.46 Å². The molecule has 0 bridgehead atoms. The summed E-state index contributed by atoms with van der Waals surface area (Å²) in [6.45, 7) is 3.39. The summed E-state index contributed by atoms with van der Waals surface area (Å²) in [4.78, 5) is 2.69. The number of sulfonamides is 1. The lowest BCUT2D eigenvalue weighted by Gasteiger charge is -2.32. The fourth-order valence-electron chi connectivity index (χ4n) is 3.17. The number of hydrogen-bond donors (Lipinski definition) is 1. The molecule has 0 spiro atoms. The maximum absolute atomic E-state index is 12.4. The summed E-state index contributed by atoms with van der Waals surface area (Å²) < 4.78 is 33.3. The van der Waals surface area contributed by atoms with Gasteiger partial charge in [-0.3, -0.25) is 0 Å². The molecule has 1 saturated heterocycles. The highest BCUT2D eigenvalue weighted by Gasteiger charge is 2.24. The van der Waals surface area contributed by atoms with E-state index >= 15 is 0 Å². The molecule has 3 rings (SSSR count). The molecule has 146 valence electrons. The van der Waals surface area contributed by atoms with E-state index in [9.17, 15) is 8.42 Å².